The molecule has 3 atom stereocenters. The number of amides is 3. The van der Waals surface area contributed by atoms with E-state index in [-0.39, 0.29) is 29.3 Å². The van der Waals surface area contributed by atoms with Crippen LogP contribution in [0.5, 0.6) is 0 Å². The molecule has 1 aliphatic carbocycles. The molecule has 0 aliphatic heterocycles. The van der Waals surface area contributed by atoms with Gasteiger partial charge in [-0.25, -0.2) is 4.98 Å². The maximum atomic E-state index is 13.8. The molecule has 254 valence electrons. The van der Waals surface area contributed by atoms with E-state index in [9.17, 15) is 22.8 Å². The summed E-state index contributed by atoms with van der Waals surface area (Å²) in [5, 5.41) is 14.1. The van der Waals surface area contributed by atoms with E-state index in [0.717, 1.165) is 27.1 Å². The number of hydrogen-bond acceptors (Lipinski definition) is 9. The van der Waals surface area contributed by atoms with Gasteiger partial charge in [-0.3, -0.25) is 23.7 Å². The molecule has 13 nitrogen and oxygen atoms in total. The maximum Gasteiger partial charge on any atom is 0.303 e. The number of nitrogens with one attached hydrogen (secondary N) is 4. The number of carbonyl (C=O) groups excluding carboxylic acids is 3. The van der Waals surface area contributed by atoms with E-state index in [1.54, 1.807) is 30.8 Å². The lowest BCUT2D eigenvalue weighted by atomic mass is 10.1. The lowest BCUT2D eigenvalue weighted by molar-refractivity contribution is -0.123. The summed E-state index contributed by atoms with van der Waals surface area (Å²) in [4.78, 5) is 48.8. The SMILES string of the molecule is CC[C@H](NC[C@H](Cc1cscn1)NC(=O)c1cc(C(=O)NC(C)c2ccccn2)cc(N(C)S(=O)(=O)N(C)C)c1)C(=O)NCC1CC1. The van der Waals surface area contributed by atoms with Gasteiger partial charge in [0.25, 0.3) is 11.8 Å². The number of pyridine rings is 1. The highest BCUT2D eigenvalue weighted by molar-refractivity contribution is 7.90. The summed E-state index contributed by atoms with van der Waals surface area (Å²) in [6.45, 7) is 4.66. The number of aromatic nitrogens is 2. The van der Waals surface area contributed by atoms with Crippen molar-refractivity contribution in [2.24, 2.45) is 5.92 Å². The molecule has 1 unspecified atom stereocenters. The van der Waals surface area contributed by atoms with Gasteiger partial charge in [0, 0.05) is 69.4 Å². The molecule has 4 rings (SSSR count). The monoisotopic (exact) mass is 684 g/mol. The Hall–Kier alpha value is -3.92. The smallest absolute Gasteiger partial charge is 0.303 e. The molecule has 1 saturated carbocycles. The van der Waals surface area contributed by atoms with Gasteiger partial charge >= 0.3 is 10.2 Å². The van der Waals surface area contributed by atoms with Crippen LogP contribution in [-0.2, 0) is 21.4 Å². The van der Waals surface area contributed by atoms with Crippen LogP contribution in [0.3, 0.4) is 0 Å². The van der Waals surface area contributed by atoms with E-state index in [4.69, 9.17) is 0 Å². The Morgan fingerprint density at radius 3 is 2.30 bits per heavy atom. The van der Waals surface area contributed by atoms with E-state index in [0.29, 0.717) is 31.0 Å². The second kappa shape index (κ2) is 16.3. The molecular formula is C32H44N8O5S2. The zero-order valence-corrected chi connectivity index (χ0v) is 29.0. The largest absolute Gasteiger partial charge is 0.354 e. The predicted molar refractivity (Wildman–Crippen MR) is 182 cm³/mol. The average molecular weight is 685 g/mol. The number of nitrogens with zero attached hydrogens (tertiary/aromatic N) is 4. The van der Waals surface area contributed by atoms with Crippen LogP contribution in [0.25, 0.3) is 0 Å². The molecule has 2 aromatic heterocycles. The Morgan fingerprint density at radius 2 is 1.72 bits per heavy atom. The first-order valence-corrected chi connectivity index (χ1v) is 17.9. The van der Waals surface area contributed by atoms with Crippen molar-refractivity contribution in [3.8, 4) is 0 Å². The molecule has 1 fully saturated rings. The molecule has 47 heavy (non-hydrogen) atoms. The summed E-state index contributed by atoms with van der Waals surface area (Å²) in [6.07, 6.45) is 4.86. The minimum Gasteiger partial charge on any atom is -0.354 e. The van der Waals surface area contributed by atoms with Crippen molar-refractivity contribution in [1.29, 1.82) is 0 Å². The zero-order valence-electron chi connectivity index (χ0n) is 27.4. The van der Waals surface area contributed by atoms with Crippen LogP contribution in [0.15, 0.2) is 53.5 Å². The van der Waals surface area contributed by atoms with Gasteiger partial charge in [0.15, 0.2) is 0 Å². The Labute approximate surface area is 280 Å². The Balaban J connectivity index is 1.58. The average Bonchev–Trinajstić information content (AvgIpc) is 3.76. The summed E-state index contributed by atoms with van der Waals surface area (Å²) < 4.78 is 28.1. The Bertz CT molecular complexity index is 1620. The van der Waals surface area contributed by atoms with Crippen molar-refractivity contribution in [2.45, 2.75) is 57.7 Å². The number of carbonyl (C=O) groups is 3. The third-order valence-electron chi connectivity index (χ3n) is 7.96. The van der Waals surface area contributed by atoms with Crippen molar-refractivity contribution in [2.75, 3.05) is 38.5 Å². The summed E-state index contributed by atoms with van der Waals surface area (Å²) in [5.74, 6) is -0.534. The van der Waals surface area contributed by atoms with Gasteiger partial charge in [-0.1, -0.05) is 13.0 Å². The number of anilines is 1. The van der Waals surface area contributed by atoms with E-state index in [1.807, 2.05) is 18.4 Å². The molecule has 0 radical (unpaired) electrons. The third-order valence-corrected chi connectivity index (χ3v) is 10.4. The lowest BCUT2D eigenvalue weighted by Gasteiger charge is -2.25. The molecule has 15 heteroatoms. The molecule has 0 bridgehead atoms. The third kappa shape index (κ3) is 10.0. The van der Waals surface area contributed by atoms with E-state index < -0.39 is 40.1 Å². The van der Waals surface area contributed by atoms with Crippen molar-refractivity contribution < 1.29 is 22.8 Å². The van der Waals surface area contributed by atoms with E-state index >= 15 is 0 Å². The fourth-order valence-corrected chi connectivity index (χ4v) is 6.28. The van der Waals surface area contributed by atoms with Crippen LogP contribution in [0.1, 0.15) is 71.3 Å². The minimum atomic E-state index is -3.94. The van der Waals surface area contributed by atoms with Crippen LogP contribution in [-0.4, -0.2) is 86.7 Å². The highest BCUT2D eigenvalue weighted by atomic mass is 32.2. The first-order chi connectivity index (χ1) is 22.4. The number of benzene rings is 1. The standard InChI is InChI=1S/C32H44N8O5S2/c1-6-28(32(43)35-17-22-10-11-22)34-18-25(16-26-19-46-20-36-26)38-31(42)24-13-23(14-27(15-24)40(5)47(44,45)39(3)4)30(41)37-21(2)29-9-7-8-12-33-29/h7-9,12-15,19-22,25,28,34H,6,10-11,16-18H2,1-5H3,(H,35,43)(H,37,41)(H,38,42)/t21?,25-,28-/m0/s1. The molecule has 1 aromatic carbocycles. The molecule has 3 amide bonds. The van der Waals surface area contributed by atoms with Crippen LogP contribution in [0, 0.1) is 5.92 Å². The predicted octanol–water partition coefficient (Wildman–Crippen LogP) is 2.51. The van der Waals surface area contributed by atoms with Crippen LogP contribution in [0.4, 0.5) is 5.69 Å². The first kappa shape index (κ1) is 35.9. The van der Waals surface area contributed by atoms with Gasteiger partial charge in [0.1, 0.15) is 0 Å². The van der Waals surface area contributed by atoms with Gasteiger partial charge in [-0.2, -0.15) is 12.7 Å². The molecule has 1 aliphatic rings. The second-order valence-electron chi connectivity index (χ2n) is 11.9. The quantitative estimate of drug-likeness (QED) is 0.168. The topological polar surface area (TPSA) is 166 Å². The lowest BCUT2D eigenvalue weighted by Crippen LogP contribution is -2.50. The molecular weight excluding hydrogens is 641 g/mol. The first-order valence-electron chi connectivity index (χ1n) is 15.6. The molecule has 3 aromatic rings. The molecule has 0 spiro atoms. The van der Waals surface area contributed by atoms with E-state index in [1.165, 1.54) is 50.7 Å². The summed E-state index contributed by atoms with van der Waals surface area (Å²) in [6, 6.07) is 8.32. The molecule has 4 N–H and O–H groups in total. The molecule has 0 saturated heterocycles. The number of thiazole rings is 1. The fraction of sp³-hybridized carbons (Fsp3) is 0.469. The Kier molecular flexibility index (Phi) is 12.4. The number of rotatable bonds is 17. The highest BCUT2D eigenvalue weighted by Gasteiger charge is 2.27. The normalized spacial score (nSPS) is 15.0. The zero-order chi connectivity index (χ0) is 34.1. The van der Waals surface area contributed by atoms with Crippen molar-refractivity contribution in [1.82, 2.24) is 35.5 Å². The van der Waals surface area contributed by atoms with Crippen LogP contribution < -0.4 is 25.6 Å². The maximum absolute atomic E-state index is 13.8. The number of hydrogen-bond donors (Lipinski definition) is 4. The van der Waals surface area contributed by atoms with Gasteiger partial charge in [-0.15, -0.1) is 11.3 Å². The van der Waals surface area contributed by atoms with Crippen molar-refractivity contribution in [3.05, 3.63) is 76.0 Å². The highest BCUT2D eigenvalue weighted by Crippen LogP contribution is 2.27. The van der Waals surface area contributed by atoms with Crippen LogP contribution >= 0.6 is 11.3 Å². The van der Waals surface area contributed by atoms with Crippen molar-refractivity contribution >= 4 is 45.0 Å². The van der Waals surface area contributed by atoms with Crippen LogP contribution in [0.2, 0.25) is 0 Å². The fourth-order valence-electron chi connectivity index (χ4n) is 4.85. The van der Waals surface area contributed by atoms with Crippen molar-refractivity contribution in [3.63, 3.8) is 0 Å². The van der Waals surface area contributed by atoms with Gasteiger partial charge in [0.05, 0.1) is 34.7 Å². The minimum absolute atomic E-state index is 0.0773. The van der Waals surface area contributed by atoms with Gasteiger partial charge in [0.2, 0.25) is 5.91 Å². The summed E-state index contributed by atoms with van der Waals surface area (Å²) in [7, 11) is 0.223. The summed E-state index contributed by atoms with van der Waals surface area (Å²) in [5.41, 5.74) is 3.46. The summed E-state index contributed by atoms with van der Waals surface area (Å²) >= 11 is 1.44. The Morgan fingerprint density at radius 1 is 1.02 bits per heavy atom. The van der Waals surface area contributed by atoms with E-state index in [2.05, 4.69) is 31.2 Å². The van der Waals surface area contributed by atoms with Gasteiger partial charge < -0.3 is 21.3 Å². The second-order valence-corrected chi connectivity index (χ2v) is 14.8. The molecule has 2 heterocycles. The van der Waals surface area contributed by atoms with Gasteiger partial charge in [-0.05, 0) is 62.4 Å².